The first-order chi connectivity index (χ1) is 17.3. The molecule has 1 saturated carbocycles. The van der Waals surface area contributed by atoms with Gasteiger partial charge in [0.25, 0.3) is 0 Å². The van der Waals surface area contributed by atoms with Gasteiger partial charge in [-0.25, -0.2) is 18.7 Å². The quantitative estimate of drug-likeness (QED) is 0.394. The molecule has 0 radical (unpaired) electrons. The Kier molecular flexibility index (Phi) is 5.22. The second-order valence-corrected chi connectivity index (χ2v) is 10.3. The highest BCUT2D eigenvalue weighted by Gasteiger charge is 2.62. The fraction of sp³-hybridized carbons (Fsp3) is 0.370. The van der Waals surface area contributed by atoms with Gasteiger partial charge < -0.3 is 5.11 Å². The number of benzene rings is 1. The van der Waals surface area contributed by atoms with E-state index in [1.165, 1.54) is 18.2 Å². The number of aliphatic hydroxyl groups is 1. The van der Waals surface area contributed by atoms with Gasteiger partial charge in [0.1, 0.15) is 23.4 Å². The second kappa shape index (κ2) is 8.23. The summed E-state index contributed by atoms with van der Waals surface area (Å²) in [5.74, 6) is 0.0523. The van der Waals surface area contributed by atoms with Crippen LogP contribution >= 0.6 is 0 Å². The van der Waals surface area contributed by atoms with E-state index in [9.17, 15) is 13.9 Å². The standard InChI is InChI=1S/C27H26F2N6O/c1-4-21(36)26-31-25(34-35-26)19-10-6-9-18(30-19)13-11-15-23(27(15,2)3)14-12-20(32-33-24(13)14)22-16(28)7-5-8-17(22)29/h5-10,12-13,15,21,23,36H,4,11H2,1-3H3,(H,31,34,35)/t13?,15?,21-,23+/m0/s1. The van der Waals surface area contributed by atoms with E-state index in [2.05, 4.69) is 39.2 Å². The van der Waals surface area contributed by atoms with Gasteiger partial charge in [-0.1, -0.05) is 32.9 Å². The van der Waals surface area contributed by atoms with Gasteiger partial charge in [0.2, 0.25) is 0 Å². The van der Waals surface area contributed by atoms with Crippen molar-refractivity contribution in [1.82, 2.24) is 30.4 Å². The van der Waals surface area contributed by atoms with Gasteiger partial charge in [-0.05, 0) is 66.0 Å². The highest BCUT2D eigenvalue weighted by molar-refractivity contribution is 5.63. The summed E-state index contributed by atoms with van der Waals surface area (Å²) >= 11 is 0. The monoisotopic (exact) mass is 488 g/mol. The lowest BCUT2D eigenvalue weighted by atomic mass is 9.84. The van der Waals surface area contributed by atoms with Crippen molar-refractivity contribution in [2.45, 2.75) is 51.6 Å². The molecule has 2 aliphatic carbocycles. The SMILES string of the molecule is CC[C@H](O)c1n[nH]c(-c2cccc(C3CC4[C@@H](c5cc(-c6c(F)cccc6F)nnc53)C4(C)C)n2)n1. The van der Waals surface area contributed by atoms with E-state index in [0.717, 1.165) is 23.4 Å². The molecule has 0 bridgehead atoms. The van der Waals surface area contributed by atoms with Gasteiger partial charge in [0.05, 0.1) is 22.6 Å². The summed E-state index contributed by atoms with van der Waals surface area (Å²) in [4.78, 5) is 9.28. The summed E-state index contributed by atoms with van der Waals surface area (Å²) < 4.78 is 29.0. The molecule has 3 heterocycles. The molecule has 2 aliphatic rings. The Hall–Kier alpha value is -3.59. The van der Waals surface area contributed by atoms with Crippen LogP contribution in [0.4, 0.5) is 8.78 Å². The zero-order valence-corrected chi connectivity index (χ0v) is 20.2. The number of H-pyrrole nitrogens is 1. The molecule has 2 unspecified atom stereocenters. The van der Waals surface area contributed by atoms with Gasteiger partial charge in [0, 0.05) is 5.92 Å². The lowest BCUT2D eigenvalue weighted by molar-refractivity contribution is 0.164. The van der Waals surface area contributed by atoms with Crippen LogP contribution in [0.1, 0.15) is 74.3 Å². The zero-order valence-electron chi connectivity index (χ0n) is 20.2. The first-order valence-electron chi connectivity index (χ1n) is 12.2. The van der Waals surface area contributed by atoms with Crippen LogP contribution in [0.5, 0.6) is 0 Å². The Morgan fingerprint density at radius 2 is 1.81 bits per heavy atom. The highest BCUT2D eigenvalue weighted by atomic mass is 19.1. The molecule has 0 saturated heterocycles. The van der Waals surface area contributed by atoms with Crippen LogP contribution < -0.4 is 0 Å². The lowest BCUT2D eigenvalue weighted by Crippen LogP contribution is -2.16. The minimum Gasteiger partial charge on any atom is -0.385 e. The minimum atomic E-state index is -0.735. The minimum absolute atomic E-state index is 0.0469. The Morgan fingerprint density at radius 1 is 1.06 bits per heavy atom. The van der Waals surface area contributed by atoms with Gasteiger partial charge in [-0.15, -0.1) is 5.10 Å². The molecule has 0 aliphatic heterocycles. The largest absolute Gasteiger partial charge is 0.385 e. The third-order valence-electron chi connectivity index (χ3n) is 7.84. The smallest absolute Gasteiger partial charge is 0.179 e. The molecule has 2 N–H and O–H groups in total. The molecule has 36 heavy (non-hydrogen) atoms. The Balaban J connectivity index is 1.41. The number of hydrogen-bond donors (Lipinski definition) is 2. The first kappa shape index (κ1) is 22.8. The van der Waals surface area contributed by atoms with Crippen LogP contribution in [0.25, 0.3) is 22.8 Å². The molecule has 4 atom stereocenters. The predicted octanol–water partition coefficient (Wildman–Crippen LogP) is 5.32. The van der Waals surface area contributed by atoms with Crippen LogP contribution in [-0.2, 0) is 0 Å². The van der Waals surface area contributed by atoms with E-state index in [-0.39, 0.29) is 28.5 Å². The Morgan fingerprint density at radius 3 is 2.56 bits per heavy atom. The van der Waals surface area contributed by atoms with Crippen molar-refractivity contribution in [3.63, 3.8) is 0 Å². The number of hydrogen-bond acceptors (Lipinski definition) is 6. The number of fused-ring (bicyclic) bond motifs is 3. The van der Waals surface area contributed by atoms with Crippen molar-refractivity contribution in [3.05, 3.63) is 76.9 Å². The molecule has 4 aromatic rings. The third kappa shape index (κ3) is 3.52. The number of pyridine rings is 1. The molecular weight excluding hydrogens is 462 g/mol. The molecule has 9 heteroatoms. The van der Waals surface area contributed by atoms with Crippen molar-refractivity contribution >= 4 is 0 Å². The number of aliphatic hydroxyl groups excluding tert-OH is 1. The number of rotatable bonds is 5. The normalized spacial score (nSPS) is 22.6. The van der Waals surface area contributed by atoms with Crippen molar-refractivity contribution in [2.24, 2.45) is 11.3 Å². The molecule has 3 aromatic heterocycles. The van der Waals surface area contributed by atoms with E-state index >= 15 is 0 Å². The summed E-state index contributed by atoms with van der Waals surface area (Å²) in [5.41, 5.74) is 3.32. The molecule has 7 nitrogen and oxygen atoms in total. The summed E-state index contributed by atoms with van der Waals surface area (Å²) in [5, 5.41) is 25.8. The highest BCUT2D eigenvalue weighted by Crippen LogP contribution is 2.71. The molecule has 1 aromatic carbocycles. The predicted molar refractivity (Wildman–Crippen MR) is 129 cm³/mol. The molecule has 1 fully saturated rings. The van der Waals surface area contributed by atoms with Gasteiger partial charge in [0.15, 0.2) is 11.6 Å². The number of nitrogens with zero attached hydrogens (tertiary/aromatic N) is 5. The fourth-order valence-corrected chi connectivity index (χ4v) is 5.73. The summed E-state index contributed by atoms with van der Waals surface area (Å²) in [6.45, 7) is 6.30. The summed E-state index contributed by atoms with van der Waals surface area (Å²) in [7, 11) is 0. The third-order valence-corrected chi connectivity index (χ3v) is 7.84. The van der Waals surface area contributed by atoms with Crippen molar-refractivity contribution in [3.8, 4) is 22.8 Å². The number of aromatic nitrogens is 6. The molecule has 0 spiro atoms. The molecule has 184 valence electrons. The van der Waals surface area contributed by atoms with Gasteiger partial charge >= 0.3 is 0 Å². The van der Waals surface area contributed by atoms with E-state index < -0.39 is 17.7 Å². The topological polar surface area (TPSA) is 100 Å². The van der Waals surface area contributed by atoms with Crippen LogP contribution in [0, 0.1) is 23.0 Å². The van der Waals surface area contributed by atoms with Crippen molar-refractivity contribution in [1.29, 1.82) is 0 Å². The number of nitrogens with one attached hydrogen (secondary N) is 1. The average Bonchev–Trinajstić information content (AvgIpc) is 3.19. The van der Waals surface area contributed by atoms with Crippen molar-refractivity contribution in [2.75, 3.05) is 0 Å². The zero-order chi connectivity index (χ0) is 25.2. The number of aromatic amines is 1. The van der Waals surface area contributed by atoms with E-state index in [1.807, 2.05) is 25.1 Å². The first-order valence-corrected chi connectivity index (χ1v) is 12.2. The molecule has 6 rings (SSSR count). The average molecular weight is 489 g/mol. The van der Waals surface area contributed by atoms with Crippen molar-refractivity contribution < 1.29 is 13.9 Å². The van der Waals surface area contributed by atoms with Crippen LogP contribution in [0.15, 0.2) is 42.5 Å². The van der Waals surface area contributed by atoms with Gasteiger partial charge in [-0.3, -0.25) is 5.10 Å². The Bertz CT molecular complexity index is 1450. The van der Waals surface area contributed by atoms with Gasteiger partial charge in [-0.2, -0.15) is 10.2 Å². The summed E-state index contributed by atoms with van der Waals surface area (Å²) in [6.07, 6.45) is 0.639. The fourth-order valence-electron chi connectivity index (χ4n) is 5.73. The van der Waals surface area contributed by atoms with Crippen LogP contribution in [-0.4, -0.2) is 35.5 Å². The van der Waals surface area contributed by atoms with Crippen LogP contribution in [0.2, 0.25) is 0 Å². The maximum atomic E-state index is 14.5. The molecular formula is C27H26F2N6O. The van der Waals surface area contributed by atoms with E-state index in [1.54, 1.807) is 6.07 Å². The van der Waals surface area contributed by atoms with Crippen LogP contribution in [0.3, 0.4) is 0 Å². The summed E-state index contributed by atoms with van der Waals surface area (Å²) in [6, 6.07) is 11.3. The maximum absolute atomic E-state index is 14.5. The molecule has 0 amide bonds. The number of halogens is 2. The van der Waals surface area contributed by atoms with E-state index in [0.29, 0.717) is 29.7 Å². The second-order valence-electron chi connectivity index (χ2n) is 10.3. The van der Waals surface area contributed by atoms with E-state index in [4.69, 9.17) is 4.98 Å². The maximum Gasteiger partial charge on any atom is 0.179 e. The lowest BCUT2D eigenvalue weighted by Gasteiger charge is -2.23. The Labute approximate surface area is 207 Å².